The van der Waals surface area contributed by atoms with E-state index in [0.29, 0.717) is 30.0 Å². The summed E-state index contributed by atoms with van der Waals surface area (Å²) in [6.07, 6.45) is 4.71. The van der Waals surface area contributed by atoms with Gasteiger partial charge >= 0.3 is 0 Å². The standard InChI is InChI=1S/C20H29N3O3/c1-20(2,3)16(18(25)21-4)23-17(24)15-10-9-14(13-7-8-13)19(22-15)26-11-12-5-6-12/h9-10,12-13,16H,5-8,11H2,1-4H3,(H,21,25)(H,23,24)/t16-/m1/s1. The van der Waals surface area contributed by atoms with Crippen LogP contribution in [0, 0.1) is 11.3 Å². The van der Waals surface area contributed by atoms with Gasteiger partial charge < -0.3 is 15.4 Å². The second kappa shape index (κ2) is 7.25. The van der Waals surface area contributed by atoms with E-state index in [2.05, 4.69) is 15.6 Å². The van der Waals surface area contributed by atoms with Gasteiger partial charge in [-0.15, -0.1) is 0 Å². The molecule has 2 aliphatic rings. The number of carbonyl (C=O) groups is 2. The highest BCUT2D eigenvalue weighted by Crippen LogP contribution is 2.44. The lowest BCUT2D eigenvalue weighted by molar-refractivity contribution is -0.124. The first-order valence-corrected chi connectivity index (χ1v) is 9.45. The van der Waals surface area contributed by atoms with Crippen LogP contribution in [0.1, 0.15) is 68.4 Å². The van der Waals surface area contributed by atoms with Crippen molar-refractivity contribution in [2.45, 2.75) is 58.4 Å². The average molecular weight is 359 g/mol. The fraction of sp³-hybridized carbons (Fsp3) is 0.650. The van der Waals surface area contributed by atoms with Crippen molar-refractivity contribution in [3.8, 4) is 5.88 Å². The molecule has 6 heteroatoms. The van der Waals surface area contributed by atoms with Crippen molar-refractivity contribution in [3.63, 3.8) is 0 Å². The molecule has 0 radical (unpaired) electrons. The van der Waals surface area contributed by atoms with Gasteiger partial charge in [0.1, 0.15) is 11.7 Å². The summed E-state index contributed by atoms with van der Waals surface area (Å²) in [5.74, 6) is 1.14. The highest BCUT2D eigenvalue weighted by molar-refractivity contribution is 5.96. The van der Waals surface area contributed by atoms with Crippen LogP contribution in [0.5, 0.6) is 5.88 Å². The Morgan fingerprint density at radius 2 is 1.92 bits per heavy atom. The summed E-state index contributed by atoms with van der Waals surface area (Å²) in [6.45, 7) is 6.42. The van der Waals surface area contributed by atoms with E-state index in [1.165, 1.54) is 12.8 Å². The third-order valence-electron chi connectivity index (χ3n) is 4.94. The Hall–Kier alpha value is -2.11. The molecule has 0 saturated heterocycles. The van der Waals surface area contributed by atoms with E-state index < -0.39 is 11.5 Å². The average Bonchev–Trinajstić information content (AvgIpc) is 3.48. The van der Waals surface area contributed by atoms with Crippen molar-refractivity contribution in [3.05, 3.63) is 23.4 Å². The molecular formula is C20H29N3O3. The molecule has 0 aliphatic heterocycles. The molecule has 2 amide bonds. The van der Waals surface area contributed by atoms with Crippen molar-refractivity contribution in [1.82, 2.24) is 15.6 Å². The first-order valence-electron chi connectivity index (χ1n) is 9.45. The number of ether oxygens (including phenoxy) is 1. The summed E-state index contributed by atoms with van der Waals surface area (Å²) in [5.41, 5.74) is 0.980. The predicted octanol–water partition coefficient (Wildman–Crippen LogP) is 2.64. The van der Waals surface area contributed by atoms with Crippen LogP contribution in [0.15, 0.2) is 12.1 Å². The predicted molar refractivity (Wildman–Crippen MR) is 99.2 cm³/mol. The Balaban J connectivity index is 1.77. The van der Waals surface area contributed by atoms with Gasteiger partial charge in [0, 0.05) is 12.6 Å². The normalized spacial score (nSPS) is 18.2. The van der Waals surface area contributed by atoms with Gasteiger partial charge in [-0.05, 0) is 49.0 Å². The van der Waals surface area contributed by atoms with E-state index in [-0.39, 0.29) is 11.8 Å². The molecule has 3 rings (SSSR count). The molecule has 0 spiro atoms. The van der Waals surface area contributed by atoms with Crippen molar-refractivity contribution < 1.29 is 14.3 Å². The largest absolute Gasteiger partial charge is 0.477 e. The van der Waals surface area contributed by atoms with E-state index >= 15 is 0 Å². The van der Waals surface area contributed by atoms with Gasteiger partial charge in [0.2, 0.25) is 11.8 Å². The smallest absolute Gasteiger partial charge is 0.270 e. The third-order valence-corrected chi connectivity index (χ3v) is 4.94. The zero-order valence-corrected chi connectivity index (χ0v) is 16.1. The second-order valence-electron chi connectivity index (χ2n) is 8.51. The Morgan fingerprint density at radius 3 is 2.46 bits per heavy atom. The molecule has 26 heavy (non-hydrogen) atoms. The maximum atomic E-state index is 12.7. The number of hydrogen-bond acceptors (Lipinski definition) is 4. The lowest BCUT2D eigenvalue weighted by atomic mass is 9.86. The quantitative estimate of drug-likeness (QED) is 0.784. The van der Waals surface area contributed by atoms with E-state index in [9.17, 15) is 9.59 Å². The van der Waals surface area contributed by atoms with Gasteiger partial charge in [-0.25, -0.2) is 4.98 Å². The second-order valence-corrected chi connectivity index (χ2v) is 8.51. The van der Waals surface area contributed by atoms with E-state index in [1.54, 1.807) is 13.1 Å². The zero-order valence-electron chi connectivity index (χ0n) is 16.1. The van der Waals surface area contributed by atoms with Crippen LogP contribution < -0.4 is 15.4 Å². The Kier molecular flexibility index (Phi) is 5.21. The summed E-state index contributed by atoms with van der Waals surface area (Å²) >= 11 is 0. The highest BCUT2D eigenvalue weighted by atomic mass is 16.5. The summed E-state index contributed by atoms with van der Waals surface area (Å²) in [7, 11) is 1.57. The molecule has 0 unspecified atom stereocenters. The summed E-state index contributed by atoms with van der Waals surface area (Å²) in [6, 6.07) is 3.05. The molecule has 2 N–H and O–H groups in total. The lowest BCUT2D eigenvalue weighted by Gasteiger charge is -2.29. The van der Waals surface area contributed by atoms with Gasteiger partial charge in [-0.3, -0.25) is 9.59 Å². The van der Waals surface area contributed by atoms with Crippen LogP contribution in [-0.2, 0) is 4.79 Å². The lowest BCUT2D eigenvalue weighted by Crippen LogP contribution is -2.53. The molecule has 0 bridgehead atoms. The van der Waals surface area contributed by atoms with Gasteiger partial charge in [-0.2, -0.15) is 0 Å². The maximum absolute atomic E-state index is 12.7. The van der Waals surface area contributed by atoms with Crippen LogP contribution in [-0.4, -0.2) is 36.5 Å². The molecule has 1 aromatic rings. The number of amides is 2. The van der Waals surface area contributed by atoms with E-state index in [1.807, 2.05) is 26.8 Å². The number of carbonyl (C=O) groups excluding carboxylic acids is 2. The van der Waals surface area contributed by atoms with Crippen LogP contribution in [0.3, 0.4) is 0 Å². The molecule has 1 aromatic heterocycles. The first kappa shape index (κ1) is 18.7. The van der Waals surface area contributed by atoms with Crippen LogP contribution in [0.25, 0.3) is 0 Å². The van der Waals surface area contributed by atoms with Gasteiger partial charge in [-0.1, -0.05) is 26.8 Å². The summed E-state index contributed by atoms with van der Waals surface area (Å²) in [5, 5.41) is 5.44. The minimum Gasteiger partial charge on any atom is -0.477 e. The molecule has 2 saturated carbocycles. The van der Waals surface area contributed by atoms with E-state index in [0.717, 1.165) is 18.4 Å². The van der Waals surface area contributed by atoms with Gasteiger partial charge in [0.25, 0.3) is 5.91 Å². The molecule has 142 valence electrons. The molecule has 2 fully saturated rings. The summed E-state index contributed by atoms with van der Waals surface area (Å²) in [4.78, 5) is 29.4. The maximum Gasteiger partial charge on any atom is 0.270 e. The van der Waals surface area contributed by atoms with Gasteiger partial charge in [0.15, 0.2) is 0 Å². The molecule has 0 aromatic carbocycles. The number of nitrogens with one attached hydrogen (secondary N) is 2. The van der Waals surface area contributed by atoms with Crippen molar-refractivity contribution in [2.24, 2.45) is 11.3 Å². The van der Waals surface area contributed by atoms with Crippen molar-refractivity contribution in [1.29, 1.82) is 0 Å². The minimum atomic E-state index is -0.638. The SMILES string of the molecule is CNC(=O)[C@@H](NC(=O)c1ccc(C2CC2)c(OCC2CC2)n1)C(C)(C)C. The van der Waals surface area contributed by atoms with E-state index in [4.69, 9.17) is 4.74 Å². The summed E-state index contributed by atoms with van der Waals surface area (Å²) < 4.78 is 5.92. The third kappa shape index (κ3) is 4.54. The molecule has 2 aliphatic carbocycles. The fourth-order valence-corrected chi connectivity index (χ4v) is 2.90. The highest BCUT2D eigenvalue weighted by Gasteiger charge is 2.34. The van der Waals surface area contributed by atoms with Crippen LogP contribution in [0.2, 0.25) is 0 Å². The number of pyridine rings is 1. The zero-order chi connectivity index (χ0) is 18.9. The van der Waals surface area contributed by atoms with Crippen LogP contribution in [0.4, 0.5) is 0 Å². The molecule has 1 heterocycles. The molecular weight excluding hydrogens is 330 g/mol. The van der Waals surface area contributed by atoms with Crippen molar-refractivity contribution in [2.75, 3.05) is 13.7 Å². The molecule has 1 atom stereocenters. The number of aromatic nitrogens is 1. The number of hydrogen-bond donors (Lipinski definition) is 2. The molecule has 6 nitrogen and oxygen atoms in total. The first-order chi connectivity index (χ1) is 12.3. The van der Waals surface area contributed by atoms with Gasteiger partial charge in [0.05, 0.1) is 6.61 Å². The van der Waals surface area contributed by atoms with Crippen LogP contribution >= 0.6 is 0 Å². The topological polar surface area (TPSA) is 80.3 Å². The van der Waals surface area contributed by atoms with Crippen molar-refractivity contribution >= 4 is 11.8 Å². The Morgan fingerprint density at radius 1 is 1.23 bits per heavy atom. The minimum absolute atomic E-state index is 0.217. The number of nitrogens with zero attached hydrogens (tertiary/aromatic N) is 1. The Bertz CT molecular complexity index is 688. The fourth-order valence-electron chi connectivity index (χ4n) is 2.90. The Labute approximate surface area is 155 Å². The monoisotopic (exact) mass is 359 g/mol. The number of likely N-dealkylation sites (N-methyl/N-ethyl adjacent to an activating group) is 1. The number of rotatable bonds is 7.